The van der Waals surface area contributed by atoms with Gasteiger partial charge in [0.1, 0.15) is 5.69 Å². The fraction of sp³-hybridized carbons (Fsp3) is 0. The fourth-order valence-electron chi connectivity index (χ4n) is 1.12. The Kier molecular flexibility index (Phi) is 2.79. The van der Waals surface area contributed by atoms with Crippen LogP contribution in [0.25, 0.3) is 11.3 Å². The molecule has 0 saturated heterocycles. The summed E-state index contributed by atoms with van der Waals surface area (Å²) in [5.41, 5.74) is 1.67. The monoisotopic (exact) mass is 268 g/mol. The van der Waals surface area contributed by atoms with E-state index < -0.39 is 0 Å². The van der Waals surface area contributed by atoms with E-state index in [1.807, 2.05) is 24.3 Å². The van der Waals surface area contributed by atoms with Crippen LogP contribution in [0, 0.1) is 0 Å². The van der Waals surface area contributed by atoms with Crippen molar-refractivity contribution in [2.45, 2.75) is 0 Å². The zero-order valence-corrected chi connectivity index (χ0v) is 9.46. The van der Waals surface area contributed by atoms with Gasteiger partial charge < -0.3 is 0 Å². The predicted octanol–water partition coefficient (Wildman–Crippen LogP) is 3.56. The zero-order valence-electron chi connectivity index (χ0n) is 7.11. The van der Waals surface area contributed by atoms with Crippen molar-refractivity contribution in [1.29, 1.82) is 0 Å². The first-order valence-electron chi connectivity index (χ1n) is 4.00. The minimum absolute atomic E-state index is 0.613. The van der Waals surface area contributed by atoms with Crippen molar-refractivity contribution in [2.24, 2.45) is 0 Å². The molecule has 0 spiro atoms. The Labute approximate surface area is 95.1 Å². The highest BCUT2D eigenvalue weighted by Crippen LogP contribution is 2.25. The van der Waals surface area contributed by atoms with Crippen molar-refractivity contribution in [2.75, 3.05) is 0 Å². The maximum absolute atomic E-state index is 5.98. The minimum atomic E-state index is 0.613. The third kappa shape index (κ3) is 1.94. The van der Waals surface area contributed by atoms with Gasteiger partial charge in [0.25, 0.3) is 0 Å². The van der Waals surface area contributed by atoms with Gasteiger partial charge in [0.05, 0.1) is 11.2 Å². The summed E-state index contributed by atoms with van der Waals surface area (Å²) < 4.78 is 1.03. The van der Waals surface area contributed by atoms with E-state index in [2.05, 4.69) is 26.1 Å². The second-order valence-corrected chi connectivity index (χ2v) is 4.06. The molecule has 0 N–H and O–H groups in total. The minimum Gasteiger partial charge on any atom is -0.158 e. The Balaban J connectivity index is 2.50. The molecule has 0 amide bonds. The Bertz CT molecular complexity index is 442. The molecule has 0 unspecified atom stereocenters. The van der Waals surface area contributed by atoms with Gasteiger partial charge in [0, 0.05) is 10.0 Å². The second-order valence-electron chi connectivity index (χ2n) is 2.73. The highest BCUT2D eigenvalue weighted by molar-refractivity contribution is 9.10. The normalized spacial score (nSPS) is 10.1. The lowest BCUT2D eigenvalue weighted by Crippen LogP contribution is -1.87. The first-order chi connectivity index (χ1) is 6.77. The van der Waals surface area contributed by atoms with Crippen molar-refractivity contribution in [3.63, 3.8) is 0 Å². The van der Waals surface area contributed by atoms with Crippen LogP contribution in [-0.4, -0.2) is 10.2 Å². The first kappa shape index (κ1) is 9.62. The molecule has 0 saturated carbocycles. The van der Waals surface area contributed by atoms with Crippen LogP contribution >= 0.6 is 27.5 Å². The Morgan fingerprint density at radius 3 is 2.43 bits per heavy atom. The second kappa shape index (κ2) is 4.07. The molecule has 2 nitrogen and oxygen atoms in total. The maximum Gasteiger partial charge on any atom is 0.112 e. The third-order valence-electron chi connectivity index (χ3n) is 1.79. The Hall–Kier alpha value is -0.930. The largest absolute Gasteiger partial charge is 0.158 e. The molecule has 14 heavy (non-hydrogen) atoms. The van der Waals surface area contributed by atoms with Gasteiger partial charge in [0.2, 0.25) is 0 Å². The van der Waals surface area contributed by atoms with Crippen LogP contribution in [0.4, 0.5) is 0 Å². The first-order valence-corrected chi connectivity index (χ1v) is 5.17. The van der Waals surface area contributed by atoms with Crippen LogP contribution < -0.4 is 0 Å². The summed E-state index contributed by atoms with van der Waals surface area (Å²) in [6.07, 6.45) is 1.57. The lowest BCUT2D eigenvalue weighted by Gasteiger charge is -2.01. The average Bonchev–Trinajstić information content (AvgIpc) is 2.20. The highest BCUT2D eigenvalue weighted by Gasteiger charge is 2.03. The molecular weight excluding hydrogens is 263 g/mol. The quantitative estimate of drug-likeness (QED) is 0.791. The van der Waals surface area contributed by atoms with Crippen molar-refractivity contribution in [1.82, 2.24) is 10.2 Å². The Morgan fingerprint density at radius 1 is 1.07 bits per heavy atom. The van der Waals surface area contributed by atoms with Crippen LogP contribution in [-0.2, 0) is 0 Å². The molecule has 2 rings (SSSR count). The molecule has 4 heteroatoms. The van der Waals surface area contributed by atoms with Gasteiger partial charge in [0.15, 0.2) is 0 Å². The molecular formula is C10H6BrClN2. The van der Waals surface area contributed by atoms with Crippen LogP contribution in [0.15, 0.2) is 41.0 Å². The summed E-state index contributed by atoms with van der Waals surface area (Å²) in [6, 6.07) is 9.51. The van der Waals surface area contributed by atoms with Crippen molar-refractivity contribution in [3.8, 4) is 11.3 Å². The van der Waals surface area contributed by atoms with Gasteiger partial charge in [-0.15, -0.1) is 5.10 Å². The number of aromatic nitrogens is 2. The number of benzene rings is 1. The summed E-state index contributed by atoms with van der Waals surface area (Å²) in [6.45, 7) is 0. The molecule has 0 radical (unpaired) electrons. The van der Waals surface area contributed by atoms with Crippen LogP contribution in [0.2, 0.25) is 5.02 Å². The Morgan fingerprint density at radius 2 is 1.79 bits per heavy atom. The number of rotatable bonds is 1. The van der Waals surface area contributed by atoms with Gasteiger partial charge in [-0.25, -0.2) is 0 Å². The van der Waals surface area contributed by atoms with E-state index in [1.54, 1.807) is 12.3 Å². The molecule has 0 bridgehead atoms. The molecule has 0 aliphatic heterocycles. The van der Waals surface area contributed by atoms with E-state index in [-0.39, 0.29) is 0 Å². The summed E-state index contributed by atoms with van der Waals surface area (Å²) in [5.74, 6) is 0. The van der Waals surface area contributed by atoms with Gasteiger partial charge in [-0.3, -0.25) is 0 Å². The maximum atomic E-state index is 5.98. The SMILES string of the molecule is Clc1ccnnc1-c1ccc(Br)cc1. The molecule has 0 fully saturated rings. The molecule has 2 aromatic rings. The molecule has 1 aromatic heterocycles. The van der Waals surface area contributed by atoms with Crippen LogP contribution in [0.3, 0.4) is 0 Å². The molecule has 0 aliphatic carbocycles. The summed E-state index contributed by atoms with van der Waals surface area (Å²) in [7, 11) is 0. The lowest BCUT2D eigenvalue weighted by atomic mass is 10.1. The lowest BCUT2D eigenvalue weighted by molar-refractivity contribution is 1.04. The highest BCUT2D eigenvalue weighted by atomic mass is 79.9. The fourth-order valence-corrected chi connectivity index (χ4v) is 1.59. The molecule has 1 heterocycles. The van der Waals surface area contributed by atoms with Crippen LogP contribution in [0.5, 0.6) is 0 Å². The number of hydrogen-bond acceptors (Lipinski definition) is 2. The van der Waals surface area contributed by atoms with E-state index in [0.29, 0.717) is 10.7 Å². The molecule has 1 aromatic carbocycles. The van der Waals surface area contributed by atoms with Crippen molar-refractivity contribution < 1.29 is 0 Å². The zero-order chi connectivity index (χ0) is 9.97. The van der Waals surface area contributed by atoms with Gasteiger partial charge in [-0.05, 0) is 18.2 Å². The van der Waals surface area contributed by atoms with E-state index >= 15 is 0 Å². The predicted molar refractivity (Wildman–Crippen MR) is 60.2 cm³/mol. The smallest absolute Gasteiger partial charge is 0.112 e. The summed E-state index contributed by atoms with van der Waals surface area (Å²) in [5, 5.41) is 8.39. The topological polar surface area (TPSA) is 25.8 Å². The summed E-state index contributed by atoms with van der Waals surface area (Å²) in [4.78, 5) is 0. The summed E-state index contributed by atoms with van der Waals surface area (Å²) >= 11 is 9.35. The van der Waals surface area contributed by atoms with Crippen molar-refractivity contribution in [3.05, 3.63) is 46.0 Å². The molecule has 0 aliphatic rings. The van der Waals surface area contributed by atoms with Crippen LogP contribution in [0.1, 0.15) is 0 Å². The van der Waals surface area contributed by atoms with Gasteiger partial charge in [-0.1, -0.05) is 39.7 Å². The number of nitrogens with zero attached hydrogens (tertiary/aromatic N) is 2. The standard InChI is InChI=1S/C10H6BrClN2/c11-8-3-1-7(2-4-8)10-9(12)5-6-13-14-10/h1-6H. The number of hydrogen-bond donors (Lipinski definition) is 0. The van der Waals surface area contributed by atoms with E-state index in [0.717, 1.165) is 10.0 Å². The van der Waals surface area contributed by atoms with Gasteiger partial charge in [-0.2, -0.15) is 5.10 Å². The molecule has 70 valence electrons. The van der Waals surface area contributed by atoms with Gasteiger partial charge >= 0.3 is 0 Å². The third-order valence-corrected chi connectivity index (χ3v) is 2.62. The van der Waals surface area contributed by atoms with E-state index in [4.69, 9.17) is 11.6 Å². The average molecular weight is 270 g/mol. The van der Waals surface area contributed by atoms with Crippen molar-refractivity contribution >= 4 is 27.5 Å². The van der Waals surface area contributed by atoms with E-state index in [1.165, 1.54) is 0 Å². The van der Waals surface area contributed by atoms with E-state index in [9.17, 15) is 0 Å². The number of halogens is 2. The molecule has 0 atom stereocenters.